The molecule has 0 saturated carbocycles. The van der Waals surface area contributed by atoms with Crippen molar-refractivity contribution < 1.29 is 0 Å². The number of anilines is 1. The Morgan fingerprint density at radius 3 is 2.70 bits per heavy atom. The first-order valence-corrected chi connectivity index (χ1v) is 6.54. The molecule has 0 atom stereocenters. The smallest absolute Gasteiger partial charge is 0.137 e. The van der Waals surface area contributed by atoms with Crippen LogP contribution in [0.4, 0.5) is 5.69 Å². The molecule has 0 fully saturated rings. The Kier molecular flexibility index (Phi) is 2.27. The molecular formula is C17H13N3. The van der Waals surface area contributed by atoms with Gasteiger partial charge in [-0.3, -0.25) is 0 Å². The molecule has 0 aliphatic carbocycles. The third-order valence-electron chi connectivity index (χ3n) is 3.63. The normalized spacial score (nSPS) is 11.2. The molecule has 0 aliphatic rings. The number of hydrogen-bond donors (Lipinski definition) is 1. The van der Waals surface area contributed by atoms with Crippen LogP contribution in [-0.2, 0) is 0 Å². The second kappa shape index (κ2) is 4.10. The Balaban J connectivity index is 2.00. The van der Waals surface area contributed by atoms with Crippen molar-refractivity contribution in [3.63, 3.8) is 0 Å². The molecule has 0 saturated heterocycles. The summed E-state index contributed by atoms with van der Waals surface area (Å²) in [6.07, 6.45) is 3.91. The Labute approximate surface area is 116 Å². The van der Waals surface area contributed by atoms with Gasteiger partial charge >= 0.3 is 0 Å². The maximum Gasteiger partial charge on any atom is 0.137 e. The number of pyridine rings is 1. The second-order valence-electron chi connectivity index (χ2n) is 4.86. The van der Waals surface area contributed by atoms with Gasteiger partial charge in [-0.15, -0.1) is 0 Å². The summed E-state index contributed by atoms with van der Waals surface area (Å²) in [5, 5.41) is 3.30. The van der Waals surface area contributed by atoms with E-state index in [0.29, 0.717) is 0 Å². The van der Waals surface area contributed by atoms with Gasteiger partial charge in [-0.2, -0.15) is 0 Å². The standard InChI is InChI=1S/C17H13N3/c18-15-6-3-5-13-11-19-17(10-14(13)15)20-9-8-12-4-1-2-7-16(12)20/h1-11H,18H2. The molecule has 0 bridgehead atoms. The lowest BCUT2D eigenvalue weighted by atomic mass is 10.1. The summed E-state index contributed by atoms with van der Waals surface area (Å²) in [7, 11) is 0. The van der Waals surface area contributed by atoms with E-state index in [9.17, 15) is 0 Å². The highest BCUT2D eigenvalue weighted by molar-refractivity contribution is 5.93. The predicted molar refractivity (Wildman–Crippen MR) is 83.0 cm³/mol. The number of hydrogen-bond acceptors (Lipinski definition) is 2. The monoisotopic (exact) mass is 259 g/mol. The van der Waals surface area contributed by atoms with Gasteiger partial charge < -0.3 is 10.3 Å². The summed E-state index contributed by atoms with van der Waals surface area (Å²) in [6.45, 7) is 0. The highest BCUT2D eigenvalue weighted by Crippen LogP contribution is 2.24. The van der Waals surface area contributed by atoms with Gasteiger partial charge in [0.25, 0.3) is 0 Å². The number of fused-ring (bicyclic) bond motifs is 2. The zero-order valence-electron chi connectivity index (χ0n) is 10.8. The Bertz CT molecular complexity index is 922. The summed E-state index contributed by atoms with van der Waals surface area (Å²) in [5.74, 6) is 0.886. The number of benzene rings is 2. The first-order chi connectivity index (χ1) is 9.83. The largest absolute Gasteiger partial charge is 0.398 e. The van der Waals surface area contributed by atoms with Gasteiger partial charge in [0, 0.05) is 28.9 Å². The molecule has 4 aromatic rings. The molecule has 20 heavy (non-hydrogen) atoms. The maximum absolute atomic E-state index is 6.05. The van der Waals surface area contributed by atoms with Crippen molar-refractivity contribution in [3.05, 3.63) is 67.0 Å². The van der Waals surface area contributed by atoms with Gasteiger partial charge in [-0.25, -0.2) is 4.98 Å². The fourth-order valence-electron chi connectivity index (χ4n) is 2.60. The van der Waals surface area contributed by atoms with E-state index in [1.54, 1.807) is 0 Å². The van der Waals surface area contributed by atoms with Gasteiger partial charge in [0.15, 0.2) is 0 Å². The van der Waals surface area contributed by atoms with E-state index >= 15 is 0 Å². The lowest BCUT2D eigenvalue weighted by molar-refractivity contribution is 1.05. The number of nitrogen functional groups attached to an aromatic ring is 1. The molecular weight excluding hydrogens is 246 g/mol. The summed E-state index contributed by atoms with van der Waals surface area (Å²) in [6, 6.07) is 18.3. The molecule has 2 N–H and O–H groups in total. The van der Waals surface area contributed by atoms with Gasteiger partial charge in [-0.05, 0) is 29.7 Å². The minimum absolute atomic E-state index is 0.780. The highest BCUT2D eigenvalue weighted by Gasteiger charge is 2.05. The molecule has 3 heteroatoms. The molecule has 2 heterocycles. The second-order valence-corrected chi connectivity index (χ2v) is 4.86. The lowest BCUT2D eigenvalue weighted by Gasteiger charge is -2.07. The van der Waals surface area contributed by atoms with Crippen molar-refractivity contribution in [2.45, 2.75) is 0 Å². The number of para-hydroxylation sites is 1. The van der Waals surface area contributed by atoms with Crippen molar-refractivity contribution in [1.29, 1.82) is 0 Å². The fraction of sp³-hybridized carbons (Fsp3) is 0. The van der Waals surface area contributed by atoms with Crippen molar-refractivity contribution in [2.75, 3.05) is 5.73 Å². The summed E-state index contributed by atoms with van der Waals surface area (Å²) in [4.78, 5) is 4.55. The van der Waals surface area contributed by atoms with Gasteiger partial charge in [-0.1, -0.05) is 30.3 Å². The van der Waals surface area contributed by atoms with Crippen LogP contribution in [-0.4, -0.2) is 9.55 Å². The molecule has 0 amide bonds. The maximum atomic E-state index is 6.05. The SMILES string of the molecule is Nc1cccc2cnc(-n3ccc4ccccc43)cc12. The van der Waals surface area contributed by atoms with E-state index < -0.39 is 0 Å². The number of rotatable bonds is 1. The summed E-state index contributed by atoms with van der Waals surface area (Å²) < 4.78 is 2.08. The fourth-order valence-corrected chi connectivity index (χ4v) is 2.60. The zero-order valence-corrected chi connectivity index (χ0v) is 10.8. The van der Waals surface area contributed by atoms with Crippen molar-refractivity contribution in [1.82, 2.24) is 9.55 Å². The van der Waals surface area contributed by atoms with Crippen molar-refractivity contribution in [3.8, 4) is 5.82 Å². The minimum atomic E-state index is 0.780. The van der Waals surface area contributed by atoms with Crippen LogP contribution in [0.15, 0.2) is 67.0 Å². The lowest BCUT2D eigenvalue weighted by Crippen LogP contribution is -1.96. The summed E-state index contributed by atoms with van der Waals surface area (Å²) in [5.41, 5.74) is 7.98. The molecule has 3 nitrogen and oxygen atoms in total. The van der Waals surface area contributed by atoms with Crippen LogP contribution in [0, 0.1) is 0 Å². The van der Waals surface area contributed by atoms with E-state index in [1.165, 1.54) is 5.39 Å². The third kappa shape index (κ3) is 1.57. The first-order valence-electron chi connectivity index (χ1n) is 6.54. The topological polar surface area (TPSA) is 43.8 Å². The molecule has 0 aliphatic heterocycles. The highest BCUT2D eigenvalue weighted by atomic mass is 15.0. The van der Waals surface area contributed by atoms with Crippen LogP contribution < -0.4 is 5.73 Å². The van der Waals surface area contributed by atoms with Crippen LogP contribution in [0.25, 0.3) is 27.5 Å². The molecule has 4 rings (SSSR count). The predicted octanol–water partition coefficient (Wildman–Crippen LogP) is 3.76. The quantitative estimate of drug-likeness (QED) is 0.529. The molecule has 2 aromatic heterocycles. The first kappa shape index (κ1) is 11.1. The third-order valence-corrected chi connectivity index (χ3v) is 3.63. The van der Waals surface area contributed by atoms with E-state index in [1.807, 2.05) is 48.8 Å². The van der Waals surface area contributed by atoms with E-state index in [2.05, 4.69) is 27.8 Å². The average molecular weight is 259 g/mol. The minimum Gasteiger partial charge on any atom is -0.398 e. The molecule has 0 spiro atoms. The molecule has 96 valence electrons. The number of nitrogens with two attached hydrogens (primary N) is 1. The van der Waals surface area contributed by atoms with Crippen LogP contribution in [0.5, 0.6) is 0 Å². The number of nitrogens with zero attached hydrogens (tertiary/aromatic N) is 2. The van der Waals surface area contributed by atoms with Crippen molar-refractivity contribution in [2.24, 2.45) is 0 Å². The van der Waals surface area contributed by atoms with Crippen LogP contribution in [0.1, 0.15) is 0 Å². The Morgan fingerprint density at radius 1 is 0.900 bits per heavy atom. The van der Waals surface area contributed by atoms with Crippen LogP contribution >= 0.6 is 0 Å². The zero-order chi connectivity index (χ0) is 13.5. The molecule has 2 aromatic carbocycles. The summed E-state index contributed by atoms with van der Waals surface area (Å²) >= 11 is 0. The van der Waals surface area contributed by atoms with Gasteiger partial charge in [0.2, 0.25) is 0 Å². The molecule has 0 unspecified atom stereocenters. The number of aromatic nitrogens is 2. The van der Waals surface area contributed by atoms with E-state index in [4.69, 9.17) is 5.73 Å². The van der Waals surface area contributed by atoms with Crippen LogP contribution in [0.3, 0.4) is 0 Å². The van der Waals surface area contributed by atoms with Crippen molar-refractivity contribution >= 4 is 27.4 Å². The van der Waals surface area contributed by atoms with Gasteiger partial charge in [0.1, 0.15) is 5.82 Å². The Morgan fingerprint density at radius 2 is 1.75 bits per heavy atom. The average Bonchev–Trinajstić information content (AvgIpc) is 2.91. The van der Waals surface area contributed by atoms with Gasteiger partial charge in [0.05, 0.1) is 5.52 Å². The van der Waals surface area contributed by atoms with E-state index in [0.717, 1.165) is 27.8 Å². The molecule has 0 radical (unpaired) electrons. The van der Waals surface area contributed by atoms with E-state index in [-0.39, 0.29) is 0 Å². The van der Waals surface area contributed by atoms with Crippen LogP contribution in [0.2, 0.25) is 0 Å². The Hall–Kier alpha value is -2.81.